The molecule has 14 heavy (non-hydrogen) atoms. The molecule has 76 valence electrons. The zero-order valence-corrected chi connectivity index (χ0v) is 8.30. The number of pyridine rings is 1. The highest BCUT2D eigenvalue weighted by molar-refractivity contribution is 7.71. The summed E-state index contributed by atoms with van der Waals surface area (Å²) >= 11 is 4.89. The average molecular weight is 215 g/mol. The highest BCUT2D eigenvalue weighted by Crippen LogP contribution is 1.94. The molecule has 0 atom stereocenters. The molecule has 5 heteroatoms. The van der Waals surface area contributed by atoms with E-state index in [0.29, 0.717) is 4.64 Å². The van der Waals surface area contributed by atoms with E-state index >= 15 is 0 Å². The molecular weight excluding hydrogens is 205 g/mol. The highest BCUT2D eigenvalue weighted by Gasteiger charge is 2.03. The summed E-state index contributed by atoms with van der Waals surface area (Å²) in [4.78, 5) is 15.9. The number of aromatic nitrogens is 1. The highest BCUT2D eigenvalue weighted by atomic mass is 32.1. The Labute approximate surface area is 86.1 Å². The molecule has 1 aromatic rings. The minimum Gasteiger partial charge on any atom is -0.336 e. The number of hydrogen-bond acceptors (Lipinski definition) is 3. The van der Waals surface area contributed by atoms with Crippen LogP contribution in [-0.2, 0) is 4.79 Å². The molecule has 0 saturated carbocycles. The fraction of sp³-hybridized carbons (Fsp3) is 0.333. The topological polar surface area (TPSA) is 31.2 Å². The van der Waals surface area contributed by atoms with Gasteiger partial charge in [0.1, 0.15) is 4.64 Å². The van der Waals surface area contributed by atoms with Gasteiger partial charge in [-0.3, -0.25) is 4.39 Å². The quantitative estimate of drug-likeness (QED) is 0.719. The molecule has 0 aliphatic heterocycles. The number of nitrogens with zero attached hydrogens (tertiary/aromatic N) is 1. The first kappa shape index (κ1) is 10.8. The average Bonchev–Trinajstić information content (AvgIpc) is 2.18. The van der Waals surface area contributed by atoms with Crippen LogP contribution in [0.3, 0.4) is 0 Å². The predicted molar refractivity (Wildman–Crippen MR) is 52.1 cm³/mol. The lowest BCUT2D eigenvalue weighted by Gasteiger charge is -2.05. The molecule has 0 amide bonds. The van der Waals surface area contributed by atoms with E-state index in [1.165, 1.54) is 10.9 Å². The molecule has 1 rings (SSSR count). The van der Waals surface area contributed by atoms with Gasteiger partial charge in [-0.2, -0.15) is 4.73 Å². The maximum Gasteiger partial charge on any atom is 0.333 e. The molecule has 1 heterocycles. The van der Waals surface area contributed by atoms with E-state index < -0.39 is 12.6 Å². The van der Waals surface area contributed by atoms with Gasteiger partial charge in [0, 0.05) is 6.20 Å². The van der Waals surface area contributed by atoms with Crippen molar-refractivity contribution >= 4 is 18.2 Å². The fourth-order valence-electron chi connectivity index (χ4n) is 0.855. The minimum absolute atomic E-state index is 0.0627. The van der Waals surface area contributed by atoms with Crippen LogP contribution in [-0.4, -0.2) is 17.4 Å². The first-order chi connectivity index (χ1) is 6.74. The van der Waals surface area contributed by atoms with E-state index in [1.807, 2.05) is 0 Å². The van der Waals surface area contributed by atoms with E-state index in [2.05, 4.69) is 0 Å². The van der Waals surface area contributed by atoms with Crippen molar-refractivity contribution in [3.05, 3.63) is 29.0 Å². The number of hydrogen-bond donors (Lipinski definition) is 0. The van der Waals surface area contributed by atoms with Crippen molar-refractivity contribution in [3.8, 4) is 0 Å². The van der Waals surface area contributed by atoms with Gasteiger partial charge in [-0.25, -0.2) is 4.79 Å². The SMILES string of the molecule is O=C(CCCF)On1ccccc1=S. The molecule has 0 N–H and O–H groups in total. The summed E-state index contributed by atoms with van der Waals surface area (Å²) in [6.45, 7) is -0.519. The Morgan fingerprint density at radius 3 is 3.00 bits per heavy atom. The second-order valence-corrected chi connectivity index (χ2v) is 3.04. The maximum absolute atomic E-state index is 11.7. The molecule has 0 unspecified atom stereocenters. The molecule has 0 bridgehead atoms. The van der Waals surface area contributed by atoms with Crippen molar-refractivity contribution in [1.29, 1.82) is 0 Å². The first-order valence-corrected chi connectivity index (χ1v) is 4.59. The summed E-state index contributed by atoms with van der Waals surface area (Å²) in [6.07, 6.45) is 1.78. The smallest absolute Gasteiger partial charge is 0.333 e. The molecule has 0 aromatic carbocycles. The summed E-state index contributed by atoms with van der Waals surface area (Å²) in [6, 6.07) is 5.07. The summed E-state index contributed by atoms with van der Waals surface area (Å²) in [5.74, 6) is -0.482. The summed E-state index contributed by atoms with van der Waals surface area (Å²) in [5, 5.41) is 0. The molecule has 0 spiro atoms. The molecule has 0 aliphatic rings. The van der Waals surface area contributed by atoms with Gasteiger partial charge in [-0.15, -0.1) is 0 Å². The Morgan fingerprint density at radius 2 is 2.36 bits per heavy atom. The normalized spacial score (nSPS) is 9.79. The lowest BCUT2D eigenvalue weighted by Crippen LogP contribution is -2.19. The van der Waals surface area contributed by atoms with E-state index in [0.717, 1.165) is 0 Å². The fourth-order valence-corrected chi connectivity index (χ4v) is 1.03. The van der Waals surface area contributed by atoms with Gasteiger partial charge in [0.2, 0.25) is 0 Å². The Morgan fingerprint density at radius 1 is 1.57 bits per heavy atom. The zero-order chi connectivity index (χ0) is 10.4. The molecule has 0 radical (unpaired) electrons. The van der Waals surface area contributed by atoms with Crippen LogP contribution in [0.1, 0.15) is 12.8 Å². The van der Waals surface area contributed by atoms with Gasteiger partial charge in [0.15, 0.2) is 0 Å². The third kappa shape index (κ3) is 3.26. The van der Waals surface area contributed by atoms with Gasteiger partial charge >= 0.3 is 5.97 Å². The molecule has 0 saturated heterocycles. The Balaban J connectivity index is 2.56. The third-order valence-electron chi connectivity index (χ3n) is 1.50. The minimum atomic E-state index is -0.519. The van der Waals surface area contributed by atoms with Crippen LogP contribution in [0.2, 0.25) is 0 Å². The Kier molecular flexibility index (Phi) is 4.25. The van der Waals surface area contributed by atoms with E-state index in [4.69, 9.17) is 17.1 Å². The van der Waals surface area contributed by atoms with Crippen LogP contribution in [0, 0.1) is 4.64 Å². The van der Waals surface area contributed by atoms with Crippen molar-refractivity contribution in [3.63, 3.8) is 0 Å². The summed E-state index contributed by atoms with van der Waals surface area (Å²) in [5.41, 5.74) is 0. The lowest BCUT2D eigenvalue weighted by atomic mass is 10.3. The number of halogens is 1. The Hall–Kier alpha value is -1.23. The Bertz CT molecular complexity index is 364. The first-order valence-electron chi connectivity index (χ1n) is 4.19. The van der Waals surface area contributed by atoms with E-state index in [9.17, 15) is 9.18 Å². The molecule has 1 aromatic heterocycles. The maximum atomic E-state index is 11.7. The van der Waals surface area contributed by atoms with Crippen LogP contribution in [0.5, 0.6) is 0 Å². The molecule has 0 aliphatic carbocycles. The molecule has 3 nitrogen and oxygen atoms in total. The van der Waals surface area contributed by atoms with Crippen LogP contribution in [0.15, 0.2) is 24.4 Å². The van der Waals surface area contributed by atoms with Crippen LogP contribution >= 0.6 is 12.2 Å². The summed E-state index contributed by atoms with van der Waals surface area (Å²) < 4.78 is 13.3. The second kappa shape index (κ2) is 5.49. The monoisotopic (exact) mass is 215 g/mol. The number of carbonyl (C=O) groups excluding carboxylic acids is 1. The second-order valence-electron chi connectivity index (χ2n) is 2.62. The van der Waals surface area contributed by atoms with Gasteiger partial charge in [0.25, 0.3) is 0 Å². The predicted octanol–water partition coefficient (Wildman–Crippen LogP) is 1.92. The van der Waals surface area contributed by atoms with Crippen LogP contribution in [0.25, 0.3) is 0 Å². The zero-order valence-electron chi connectivity index (χ0n) is 7.48. The largest absolute Gasteiger partial charge is 0.336 e. The van der Waals surface area contributed by atoms with Gasteiger partial charge in [-0.05, 0) is 18.6 Å². The van der Waals surface area contributed by atoms with Crippen molar-refractivity contribution in [2.75, 3.05) is 6.67 Å². The molecular formula is C9H10FNO2S. The third-order valence-corrected chi connectivity index (χ3v) is 1.82. The van der Waals surface area contributed by atoms with Crippen LogP contribution < -0.4 is 4.84 Å². The van der Waals surface area contributed by atoms with E-state index in [-0.39, 0.29) is 12.8 Å². The van der Waals surface area contributed by atoms with Crippen molar-refractivity contribution in [1.82, 2.24) is 4.73 Å². The number of rotatable bonds is 4. The van der Waals surface area contributed by atoms with Crippen LogP contribution in [0.4, 0.5) is 4.39 Å². The van der Waals surface area contributed by atoms with Crippen molar-refractivity contribution < 1.29 is 14.0 Å². The van der Waals surface area contributed by atoms with Gasteiger partial charge < -0.3 is 4.84 Å². The number of carbonyl (C=O) groups is 1. The van der Waals surface area contributed by atoms with Crippen molar-refractivity contribution in [2.45, 2.75) is 12.8 Å². The molecule has 0 fully saturated rings. The van der Waals surface area contributed by atoms with E-state index in [1.54, 1.807) is 18.2 Å². The summed E-state index contributed by atoms with van der Waals surface area (Å²) in [7, 11) is 0. The standard InChI is InChI=1S/C9H10FNO2S/c10-6-3-5-9(12)13-11-7-2-1-4-8(11)14/h1-2,4,7H,3,5-6H2. The van der Waals surface area contributed by atoms with Crippen molar-refractivity contribution in [2.24, 2.45) is 0 Å². The number of alkyl halides is 1. The van der Waals surface area contributed by atoms with Gasteiger partial charge in [-0.1, -0.05) is 18.3 Å². The van der Waals surface area contributed by atoms with Gasteiger partial charge in [0.05, 0.1) is 13.1 Å². The lowest BCUT2D eigenvalue weighted by molar-refractivity contribution is -0.144.